The number of nitrogens with zero attached hydrogens (tertiary/aromatic N) is 1. The molecule has 5 nitrogen and oxygen atoms in total. The predicted molar refractivity (Wildman–Crippen MR) is 73.5 cm³/mol. The number of carbonyl (C=O) groups excluding carboxylic acids is 1. The Morgan fingerprint density at radius 3 is 2.45 bits per heavy atom. The minimum Gasteiger partial charge on any atom is -0.480 e. The zero-order valence-corrected chi connectivity index (χ0v) is 11.2. The van der Waals surface area contributed by atoms with Gasteiger partial charge in [0.05, 0.1) is 0 Å². The van der Waals surface area contributed by atoms with Crippen LogP contribution in [0.15, 0.2) is 24.3 Å². The SMILES string of the molecule is O=C(O)C1CCCN1C(=O)NC1Cc2ccccc2C1. The molecule has 1 unspecified atom stereocenters. The fraction of sp³-hybridized carbons (Fsp3) is 0.467. The number of rotatable bonds is 2. The zero-order valence-electron chi connectivity index (χ0n) is 11.2. The van der Waals surface area contributed by atoms with Crippen LogP contribution in [0.5, 0.6) is 0 Å². The van der Waals surface area contributed by atoms with E-state index in [9.17, 15) is 9.59 Å². The van der Waals surface area contributed by atoms with E-state index in [1.165, 1.54) is 16.0 Å². The summed E-state index contributed by atoms with van der Waals surface area (Å²) in [5, 5.41) is 12.1. The minimum atomic E-state index is -0.910. The third-order valence-corrected chi connectivity index (χ3v) is 4.18. The summed E-state index contributed by atoms with van der Waals surface area (Å²) in [5.74, 6) is -0.910. The largest absolute Gasteiger partial charge is 0.480 e. The number of urea groups is 1. The predicted octanol–water partition coefficient (Wildman–Crippen LogP) is 1.41. The van der Waals surface area contributed by atoms with Gasteiger partial charge in [0.1, 0.15) is 6.04 Å². The van der Waals surface area contributed by atoms with E-state index in [-0.39, 0.29) is 12.1 Å². The zero-order chi connectivity index (χ0) is 14.1. The van der Waals surface area contributed by atoms with Crippen molar-refractivity contribution in [3.05, 3.63) is 35.4 Å². The van der Waals surface area contributed by atoms with Crippen LogP contribution in [0.2, 0.25) is 0 Å². The van der Waals surface area contributed by atoms with E-state index >= 15 is 0 Å². The number of carbonyl (C=O) groups is 2. The molecule has 1 fully saturated rings. The van der Waals surface area contributed by atoms with Gasteiger partial charge in [0.2, 0.25) is 0 Å². The van der Waals surface area contributed by atoms with Gasteiger partial charge in [-0.05, 0) is 36.8 Å². The van der Waals surface area contributed by atoms with Gasteiger partial charge in [-0.25, -0.2) is 9.59 Å². The third-order valence-electron chi connectivity index (χ3n) is 4.18. The monoisotopic (exact) mass is 274 g/mol. The normalized spacial score (nSPS) is 21.8. The molecular weight excluding hydrogens is 256 g/mol. The molecule has 2 aliphatic rings. The first kappa shape index (κ1) is 13.0. The Morgan fingerprint density at radius 2 is 1.85 bits per heavy atom. The second-order valence-electron chi connectivity index (χ2n) is 5.51. The number of fused-ring (bicyclic) bond motifs is 1. The maximum absolute atomic E-state index is 12.2. The molecule has 0 saturated carbocycles. The van der Waals surface area contributed by atoms with E-state index in [2.05, 4.69) is 17.4 Å². The highest BCUT2D eigenvalue weighted by atomic mass is 16.4. The molecule has 0 aromatic heterocycles. The van der Waals surface area contributed by atoms with Crippen LogP contribution < -0.4 is 5.32 Å². The Labute approximate surface area is 117 Å². The molecule has 1 heterocycles. The smallest absolute Gasteiger partial charge is 0.326 e. The number of hydrogen-bond donors (Lipinski definition) is 2. The van der Waals surface area contributed by atoms with Crippen LogP contribution in [-0.4, -0.2) is 40.6 Å². The van der Waals surface area contributed by atoms with Crippen molar-refractivity contribution in [2.24, 2.45) is 0 Å². The number of hydrogen-bond acceptors (Lipinski definition) is 2. The maximum atomic E-state index is 12.2. The van der Waals surface area contributed by atoms with E-state index in [0.29, 0.717) is 13.0 Å². The number of likely N-dealkylation sites (tertiary alicyclic amines) is 1. The van der Waals surface area contributed by atoms with Crippen molar-refractivity contribution in [3.8, 4) is 0 Å². The average Bonchev–Trinajstić information content (AvgIpc) is 3.04. The van der Waals surface area contributed by atoms with Gasteiger partial charge in [-0.1, -0.05) is 24.3 Å². The number of carboxylic acid groups (broad SMARTS) is 1. The second kappa shape index (κ2) is 5.15. The average molecular weight is 274 g/mol. The van der Waals surface area contributed by atoms with Gasteiger partial charge in [0, 0.05) is 12.6 Å². The van der Waals surface area contributed by atoms with Gasteiger partial charge in [0.15, 0.2) is 0 Å². The van der Waals surface area contributed by atoms with Crippen molar-refractivity contribution in [2.45, 2.75) is 37.8 Å². The summed E-state index contributed by atoms with van der Waals surface area (Å²) < 4.78 is 0. The van der Waals surface area contributed by atoms with Crippen molar-refractivity contribution in [2.75, 3.05) is 6.54 Å². The van der Waals surface area contributed by atoms with Crippen LogP contribution in [-0.2, 0) is 17.6 Å². The number of amides is 2. The Kier molecular flexibility index (Phi) is 3.34. The lowest BCUT2D eigenvalue weighted by Crippen LogP contribution is -2.49. The number of carboxylic acids is 1. The summed E-state index contributed by atoms with van der Waals surface area (Å²) in [6, 6.07) is 7.34. The number of nitrogens with one attached hydrogen (secondary N) is 1. The molecule has 2 amide bonds. The highest BCUT2D eigenvalue weighted by Crippen LogP contribution is 2.23. The van der Waals surface area contributed by atoms with Gasteiger partial charge in [-0.3, -0.25) is 0 Å². The fourth-order valence-electron chi connectivity index (χ4n) is 3.18. The first-order valence-electron chi connectivity index (χ1n) is 7.02. The summed E-state index contributed by atoms with van der Waals surface area (Å²) in [7, 11) is 0. The van der Waals surface area contributed by atoms with Crippen molar-refractivity contribution < 1.29 is 14.7 Å². The molecule has 1 aliphatic heterocycles. The summed E-state index contributed by atoms with van der Waals surface area (Å²) in [6.45, 7) is 0.530. The maximum Gasteiger partial charge on any atom is 0.326 e. The van der Waals surface area contributed by atoms with Gasteiger partial charge in [-0.2, -0.15) is 0 Å². The molecule has 106 valence electrons. The quantitative estimate of drug-likeness (QED) is 0.856. The van der Waals surface area contributed by atoms with Gasteiger partial charge in [-0.15, -0.1) is 0 Å². The summed E-state index contributed by atoms with van der Waals surface area (Å²) >= 11 is 0. The molecular formula is C15H18N2O3. The molecule has 0 spiro atoms. The molecule has 1 aliphatic carbocycles. The van der Waals surface area contributed by atoms with Crippen molar-refractivity contribution in [1.29, 1.82) is 0 Å². The molecule has 1 saturated heterocycles. The molecule has 1 aromatic carbocycles. The molecule has 2 N–H and O–H groups in total. The van der Waals surface area contributed by atoms with Crippen molar-refractivity contribution in [3.63, 3.8) is 0 Å². The van der Waals surface area contributed by atoms with E-state index < -0.39 is 12.0 Å². The Bertz CT molecular complexity index is 519. The highest BCUT2D eigenvalue weighted by Gasteiger charge is 2.35. The first-order chi connectivity index (χ1) is 9.65. The van der Waals surface area contributed by atoms with Crippen LogP contribution in [0.4, 0.5) is 4.79 Å². The number of aliphatic carboxylic acids is 1. The van der Waals surface area contributed by atoms with E-state index in [1.807, 2.05) is 12.1 Å². The molecule has 0 bridgehead atoms. The van der Waals surface area contributed by atoms with E-state index in [0.717, 1.165) is 19.3 Å². The van der Waals surface area contributed by atoms with Crippen LogP contribution in [0.25, 0.3) is 0 Å². The van der Waals surface area contributed by atoms with Gasteiger partial charge < -0.3 is 15.3 Å². The molecule has 0 radical (unpaired) electrons. The van der Waals surface area contributed by atoms with E-state index in [4.69, 9.17) is 5.11 Å². The number of benzene rings is 1. The summed E-state index contributed by atoms with van der Waals surface area (Å²) in [4.78, 5) is 24.8. The van der Waals surface area contributed by atoms with Gasteiger partial charge >= 0.3 is 12.0 Å². The van der Waals surface area contributed by atoms with Crippen molar-refractivity contribution in [1.82, 2.24) is 10.2 Å². The molecule has 5 heteroatoms. The topological polar surface area (TPSA) is 69.6 Å². The Hall–Kier alpha value is -2.04. The lowest BCUT2D eigenvalue weighted by Gasteiger charge is -2.24. The summed E-state index contributed by atoms with van der Waals surface area (Å²) in [6.07, 6.45) is 2.96. The lowest BCUT2D eigenvalue weighted by atomic mass is 10.1. The van der Waals surface area contributed by atoms with Crippen LogP contribution >= 0.6 is 0 Å². The Balaban J connectivity index is 1.62. The van der Waals surface area contributed by atoms with Crippen LogP contribution in [0, 0.1) is 0 Å². The minimum absolute atomic E-state index is 0.0787. The summed E-state index contributed by atoms with van der Waals surface area (Å²) in [5.41, 5.74) is 2.54. The standard InChI is InChI=1S/C15H18N2O3/c18-14(19)13-6-3-7-17(13)15(20)16-12-8-10-4-1-2-5-11(10)9-12/h1-2,4-5,12-13H,3,6-9H2,(H,16,20)(H,18,19). The molecule has 1 atom stereocenters. The highest BCUT2D eigenvalue weighted by molar-refractivity contribution is 5.83. The Morgan fingerprint density at radius 1 is 1.20 bits per heavy atom. The van der Waals surface area contributed by atoms with Gasteiger partial charge in [0.25, 0.3) is 0 Å². The van der Waals surface area contributed by atoms with Crippen molar-refractivity contribution >= 4 is 12.0 Å². The fourth-order valence-corrected chi connectivity index (χ4v) is 3.18. The molecule has 1 aromatic rings. The van der Waals surface area contributed by atoms with E-state index in [1.54, 1.807) is 0 Å². The molecule has 20 heavy (non-hydrogen) atoms. The van der Waals surface area contributed by atoms with Crippen LogP contribution in [0.1, 0.15) is 24.0 Å². The third kappa shape index (κ3) is 2.35. The molecule has 3 rings (SSSR count). The second-order valence-corrected chi connectivity index (χ2v) is 5.51. The first-order valence-corrected chi connectivity index (χ1v) is 7.02. The van der Waals surface area contributed by atoms with Crippen LogP contribution in [0.3, 0.4) is 0 Å². The lowest BCUT2D eigenvalue weighted by molar-refractivity contribution is -0.141.